The first-order valence-corrected chi connectivity index (χ1v) is 9.93. The second kappa shape index (κ2) is 7.98. The highest BCUT2D eigenvalue weighted by molar-refractivity contribution is 7.99. The van der Waals surface area contributed by atoms with Crippen LogP contribution in [0.25, 0.3) is 0 Å². The number of amides is 3. The third-order valence-electron chi connectivity index (χ3n) is 4.40. The van der Waals surface area contributed by atoms with E-state index in [-0.39, 0.29) is 12.2 Å². The van der Waals surface area contributed by atoms with Gasteiger partial charge >= 0.3 is 6.03 Å². The number of carbonyl (C=O) groups excluding carboxylic acids is 2. The lowest BCUT2D eigenvalue weighted by atomic mass is 9.92. The van der Waals surface area contributed by atoms with Gasteiger partial charge in [0.2, 0.25) is 0 Å². The molecule has 0 saturated carbocycles. The van der Waals surface area contributed by atoms with Crippen molar-refractivity contribution in [1.29, 1.82) is 0 Å². The minimum absolute atomic E-state index is 0.0872. The molecule has 0 radical (unpaired) electrons. The lowest BCUT2D eigenvalue weighted by Crippen LogP contribution is -2.41. The molecule has 0 unspecified atom stereocenters. The first-order chi connectivity index (χ1) is 13.2. The van der Waals surface area contributed by atoms with Gasteiger partial charge in [0.25, 0.3) is 11.6 Å². The Kier molecular flexibility index (Phi) is 5.83. The predicted molar refractivity (Wildman–Crippen MR) is 108 cm³/mol. The van der Waals surface area contributed by atoms with E-state index < -0.39 is 22.4 Å². The molecular weight excluding hydrogens is 425 g/mol. The summed E-state index contributed by atoms with van der Waals surface area (Å²) in [6.07, 6.45) is 0. The van der Waals surface area contributed by atoms with Crippen molar-refractivity contribution in [3.63, 3.8) is 0 Å². The number of halogens is 2. The van der Waals surface area contributed by atoms with Crippen LogP contribution in [0.4, 0.5) is 10.5 Å². The van der Waals surface area contributed by atoms with E-state index in [4.69, 9.17) is 23.2 Å². The summed E-state index contributed by atoms with van der Waals surface area (Å²) < 4.78 is 0. The van der Waals surface area contributed by atoms with Gasteiger partial charge in [0.05, 0.1) is 9.95 Å². The van der Waals surface area contributed by atoms with Crippen molar-refractivity contribution in [3.8, 4) is 0 Å². The molecule has 1 N–H and O–H groups in total. The van der Waals surface area contributed by atoms with E-state index in [9.17, 15) is 19.7 Å². The Bertz CT molecular complexity index is 954. The summed E-state index contributed by atoms with van der Waals surface area (Å²) in [5.41, 5.74) is -0.884. The Morgan fingerprint density at radius 1 is 1.18 bits per heavy atom. The lowest BCUT2D eigenvalue weighted by molar-refractivity contribution is -0.384. The molecular formula is C18H15Cl2N3O4S. The van der Waals surface area contributed by atoms with Crippen molar-refractivity contribution in [3.05, 3.63) is 68.2 Å². The Morgan fingerprint density at radius 3 is 2.50 bits per heavy atom. The van der Waals surface area contributed by atoms with E-state index in [1.165, 1.54) is 36.0 Å². The minimum Gasteiger partial charge on any atom is -0.319 e. The van der Waals surface area contributed by atoms with Gasteiger partial charge in [0.1, 0.15) is 5.54 Å². The summed E-state index contributed by atoms with van der Waals surface area (Å²) in [6, 6.07) is 10.1. The zero-order valence-electron chi connectivity index (χ0n) is 14.6. The fourth-order valence-corrected chi connectivity index (χ4v) is 4.27. The number of hydrogen-bond donors (Lipinski definition) is 1. The number of benzene rings is 2. The normalized spacial score (nSPS) is 19.0. The molecule has 2 aromatic carbocycles. The predicted octanol–water partition coefficient (Wildman–Crippen LogP) is 4.46. The van der Waals surface area contributed by atoms with Gasteiger partial charge in [-0.1, -0.05) is 23.2 Å². The molecule has 146 valence electrons. The van der Waals surface area contributed by atoms with Crippen LogP contribution < -0.4 is 5.32 Å². The third-order valence-corrected chi connectivity index (χ3v) is 6.11. The van der Waals surface area contributed by atoms with Gasteiger partial charge in [-0.25, -0.2) is 4.79 Å². The first kappa shape index (κ1) is 20.4. The molecule has 7 nitrogen and oxygen atoms in total. The molecule has 1 atom stereocenters. The van der Waals surface area contributed by atoms with Crippen LogP contribution in [0.15, 0.2) is 47.4 Å². The zero-order chi connectivity index (χ0) is 20.5. The molecule has 0 aromatic heterocycles. The molecule has 2 aromatic rings. The van der Waals surface area contributed by atoms with Crippen molar-refractivity contribution >= 4 is 52.6 Å². The summed E-state index contributed by atoms with van der Waals surface area (Å²) in [5, 5.41) is 14.6. The number of nitro groups is 1. The highest BCUT2D eigenvalue weighted by Crippen LogP contribution is 2.32. The molecule has 1 fully saturated rings. The fraction of sp³-hybridized carbons (Fsp3) is 0.222. The summed E-state index contributed by atoms with van der Waals surface area (Å²) >= 11 is 13.5. The van der Waals surface area contributed by atoms with Gasteiger partial charge in [0.15, 0.2) is 0 Å². The van der Waals surface area contributed by atoms with E-state index in [1.54, 1.807) is 25.1 Å². The fourth-order valence-electron chi connectivity index (χ4n) is 2.85. The highest BCUT2D eigenvalue weighted by Gasteiger charge is 2.48. The molecule has 0 bridgehead atoms. The third kappa shape index (κ3) is 3.94. The van der Waals surface area contributed by atoms with Gasteiger partial charge in [0, 0.05) is 34.3 Å². The van der Waals surface area contributed by atoms with Crippen molar-refractivity contribution in [2.45, 2.75) is 17.4 Å². The van der Waals surface area contributed by atoms with Crippen LogP contribution >= 0.6 is 35.0 Å². The number of rotatable bonds is 6. The maximum absolute atomic E-state index is 12.9. The summed E-state index contributed by atoms with van der Waals surface area (Å²) in [4.78, 5) is 37.4. The molecule has 0 spiro atoms. The second-order valence-electron chi connectivity index (χ2n) is 6.24. The van der Waals surface area contributed by atoms with Crippen molar-refractivity contribution in [1.82, 2.24) is 10.2 Å². The van der Waals surface area contributed by atoms with Gasteiger partial charge in [-0.15, -0.1) is 11.8 Å². The van der Waals surface area contributed by atoms with Crippen molar-refractivity contribution in [2.24, 2.45) is 0 Å². The average Bonchev–Trinajstić information content (AvgIpc) is 2.88. The maximum atomic E-state index is 12.9. The second-order valence-corrected chi connectivity index (χ2v) is 8.22. The molecule has 1 aliphatic rings. The van der Waals surface area contributed by atoms with Crippen LogP contribution in [-0.4, -0.2) is 34.1 Å². The smallest absolute Gasteiger partial charge is 0.319 e. The number of thioether (sulfide) groups is 1. The van der Waals surface area contributed by atoms with Gasteiger partial charge in [-0.3, -0.25) is 19.8 Å². The molecule has 1 heterocycles. The molecule has 3 rings (SSSR count). The van der Waals surface area contributed by atoms with E-state index in [1.807, 2.05) is 0 Å². The Balaban J connectivity index is 1.70. The van der Waals surface area contributed by atoms with Gasteiger partial charge < -0.3 is 5.32 Å². The van der Waals surface area contributed by atoms with E-state index in [2.05, 4.69) is 5.32 Å². The number of hydrogen-bond acceptors (Lipinski definition) is 5. The summed E-state index contributed by atoms with van der Waals surface area (Å²) in [5.74, 6) is 0.0272. The number of nitrogens with one attached hydrogen (secondary N) is 1. The molecule has 3 amide bonds. The lowest BCUT2D eigenvalue weighted by Gasteiger charge is -2.22. The molecule has 1 aliphatic heterocycles. The molecule has 10 heteroatoms. The van der Waals surface area contributed by atoms with E-state index >= 15 is 0 Å². The Hall–Kier alpha value is -2.29. The van der Waals surface area contributed by atoms with E-state index in [0.29, 0.717) is 21.4 Å². The van der Waals surface area contributed by atoms with Crippen LogP contribution in [0, 0.1) is 10.1 Å². The topological polar surface area (TPSA) is 92.6 Å². The van der Waals surface area contributed by atoms with Gasteiger partial charge in [-0.2, -0.15) is 0 Å². The highest BCUT2D eigenvalue weighted by atomic mass is 35.5. The Labute approximate surface area is 175 Å². The van der Waals surface area contributed by atoms with Crippen LogP contribution in [0.1, 0.15) is 12.5 Å². The van der Waals surface area contributed by atoms with Crippen LogP contribution in [0.5, 0.6) is 0 Å². The zero-order valence-corrected chi connectivity index (χ0v) is 17.0. The number of nitro benzene ring substituents is 1. The van der Waals surface area contributed by atoms with Crippen molar-refractivity contribution in [2.75, 3.05) is 12.3 Å². The number of urea groups is 1. The number of nitrogens with zero attached hydrogens (tertiary/aromatic N) is 2. The monoisotopic (exact) mass is 439 g/mol. The van der Waals surface area contributed by atoms with Crippen LogP contribution in [0.2, 0.25) is 10.0 Å². The van der Waals surface area contributed by atoms with Gasteiger partial charge in [-0.05, 0) is 42.8 Å². The van der Waals surface area contributed by atoms with E-state index in [0.717, 1.165) is 9.80 Å². The van der Waals surface area contributed by atoms with Crippen molar-refractivity contribution < 1.29 is 14.5 Å². The quantitative estimate of drug-likeness (QED) is 0.310. The number of carbonyl (C=O) groups is 2. The largest absolute Gasteiger partial charge is 0.325 e. The molecule has 1 saturated heterocycles. The number of non-ortho nitro benzene ring substituents is 1. The maximum Gasteiger partial charge on any atom is 0.325 e. The SMILES string of the molecule is C[C@]1(c2ccc([N+](=O)[O-])cc2)NC(=O)N(CCSc2cc(Cl)ccc2Cl)C1=O. The van der Waals surface area contributed by atoms with Crippen LogP contribution in [-0.2, 0) is 10.3 Å². The summed E-state index contributed by atoms with van der Waals surface area (Å²) in [7, 11) is 0. The Morgan fingerprint density at radius 2 is 1.86 bits per heavy atom. The molecule has 0 aliphatic carbocycles. The summed E-state index contributed by atoms with van der Waals surface area (Å²) in [6.45, 7) is 1.76. The first-order valence-electron chi connectivity index (χ1n) is 8.19. The molecule has 28 heavy (non-hydrogen) atoms. The number of imide groups is 1. The standard InChI is InChI=1S/C18H15Cl2N3O4S/c1-18(11-2-5-13(6-3-11)23(26)27)16(24)22(17(25)21-18)8-9-28-15-10-12(19)4-7-14(15)20/h2-7,10H,8-9H2,1H3,(H,21,25)/t18-/m1/s1. The minimum atomic E-state index is -1.27. The average molecular weight is 440 g/mol. The van der Waals surface area contributed by atoms with Crippen LogP contribution in [0.3, 0.4) is 0 Å².